The van der Waals surface area contributed by atoms with Crippen molar-refractivity contribution in [1.82, 2.24) is 15.1 Å². The second-order valence-corrected chi connectivity index (χ2v) is 6.21. The highest BCUT2D eigenvalue weighted by Crippen LogP contribution is 2.29. The molecule has 11 heteroatoms. The lowest BCUT2D eigenvalue weighted by Crippen LogP contribution is -2.36. The molecule has 0 saturated carbocycles. The van der Waals surface area contributed by atoms with Gasteiger partial charge in [-0.2, -0.15) is 18.2 Å². The second kappa shape index (κ2) is 7.43. The summed E-state index contributed by atoms with van der Waals surface area (Å²) in [5.74, 6) is -1.69. The first-order valence-electron chi connectivity index (χ1n) is 8.58. The lowest BCUT2D eigenvalue weighted by molar-refractivity contribution is -0.159. The number of rotatable bonds is 6. The van der Waals surface area contributed by atoms with Gasteiger partial charge in [-0.15, -0.1) is 0 Å². The van der Waals surface area contributed by atoms with Gasteiger partial charge in [0, 0.05) is 17.4 Å². The molecule has 0 fully saturated rings. The zero-order chi connectivity index (χ0) is 21.3. The van der Waals surface area contributed by atoms with E-state index in [0.29, 0.717) is 11.4 Å². The van der Waals surface area contributed by atoms with Gasteiger partial charge in [-0.3, -0.25) is 14.6 Å². The van der Waals surface area contributed by atoms with Crippen molar-refractivity contribution in [3.8, 4) is 11.4 Å². The highest BCUT2D eigenvalue weighted by Gasteiger charge is 2.38. The Labute approximate surface area is 166 Å². The molecule has 152 valence electrons. The van der Waals surface area contributed by atoms with E-state index < -0.39 is 22.9 Å². The predicted molar refractivity (Wildman–Crippen MR) is 101 cm³/mol. The summed E-state index contributed by atoms with van der Waals surface area (Å²) in [5.41, 5.74) is 0.416. The first kappa shape index (κ1) is 19.3. The number of anilines is 3. The van der Waals surface area contributed by atoms with E-state index in [4.69, 9.17) is 0 Å². The number of pyridine rings is 1. The van der Waals surface area contributed by atoms with Crippen molar-refractivity contribution < 1.29 is 17.7 Å². The molecule has 0 bridgehead atoms. The summed E-state index contributed by atoms with van der Waals surface area (Å²) < 4.78 is 41.8. The Bertz CT molecular complexity index is 1240. The first-order valence-corrected chi connectivity index (χ1v) is 8.58. The lowest BCUT2D eigenvalue weighted by atomic mass is 10.1. The van der Waals surface area contributed by atoms with Crippen LogP contribution in [0.4, 0.5) is 30.2 Å². The van der Waals surface area contributed by atoms with Crippen LogP contribution >= 0.6 is 0 Å². The van der Waals surface area contributed by atoms with E-state index in [0.717, 1.165) is 0 Å². The van der Waals surface area contributed by atoms with Gasteiger partial charge in [0.25, 0.3) is 10.9 Å². The van der Waals surface area contributed by atoms with Gasteiger partial charge in [0.05, 0.1) is 12.2 Å². The highest BCUT2D eigenvalue weighted by atomic mass is 19.4. The molecule has 2 heterocycles. The molecule has 4 rings (SSSR count). The number of para-hydroxylation sites is 1. The molecule has 8 nitrogen and oxygen atoms in total. The monoisotopic (exact) mass is 415 g/mol. The van der Waals surface area contributed by atoms with Crippen LogP contribution in [0.25, 0.3) is 11.4 Å². The Morgan fingerprint density at radius 2 is 1.70 bits per heavy atom. The van der Waals surface area contributed by atoms with E-state index >= 15 is 0 Å². The molecule has 0 aliphatic carbocycles. The Balaban J connectivity index is 1.44. The average Bonchev–Trinajstić information content (AvgIpc) is 3.25. The van der Waals surface area contributed by atoms with E-state index in [9.17, 15) is 22.8 Å². The molecule has 0 radical (unpaired) electrons. The SMILES string of the molecule is O=c1c(NCc2ccc(-c3noc(C(F)(F)F)n3)cn2)c(Nc2ccccc2)c1=O. The maximum atomic E-state index is 12.5. The zero-order valence-corrected chi connectivity index (χ0v) is 15.0. The van der Waals surface area contributed by atoms with Crippen LogP contribution < -0.4 is 21.5 Å². The third-order valence-corrected chi connectivity index (χ3v) is 4.15. The number of benzene rings is 1. The van der Waals surface area contributed by atoms with Crippen LogP contribution in [-0.4, -0.2) is 15.1 Å². The molecule has 0 aliphatic heterocycles. The van der Waals surface area contributed by atoms with Crippen molar-refractivity contribution in [3.05, 3.63) is 80.7 Å². The molecule has 2 aromatic heterocycles. The minimum absolute atomic E-state index is 0.120. The van der Waals surface area contributed by atoms with E-state index in [2.05, 4.69) is 30.3 Å². The summed E-state index contributed by atoms with van der Waals surface area (Å²) in [6, 6.07) is 11.9. The fourth-order valence-corrected chi connectivity index (χ4v) is 2.64. The standard InChI is InChI=1S/C19H12F3N5O3/c20-19(21,22)18-26-17(27-30-18)10-6-7-12(23-8-10)9-24-13-14(16(29)15(13)28)25-11-4-2-1-3-5-11/h1-8,24-25H,9H2. The van der Waals surface area contributed by atoms with E-state index in [1.807, 2.05) is 6.07 Å². The summed E-state index contributed by atoms with van der Waals surface area (Å²) in [5, 5.41) is 9.04. The topological polar surface area (TPSA) is 110 Å². The molecular weight excluding hydrogens is 403 g/mol. The molecule has 2 aromatic carbocycles. The molecule has 0 saturated heterocycles. The molecule has 2 N–H and O–H groups in total. The van der Waals surface area contributed by atoms with Gasteiger partial charge in [-0.25, -0.2) is 0 Å². The largest absolute Gasteiger partial charge is 0.471 e. The van der Waals surface area contributed by atoms with Crippen molar-refractivity contribution in [3.63, 3.8) is 0 Å². The van der Waals surface area contributed by atoms with Crippen molar-refractivity contribution in [1.29, 1.82) is 0 Å². The van der Waals surface area contributed by atoms with Crippen molar-refractivity contribution >= 4 is 17.1 Å². The average molecular weight is 415 g/mol. The van der Waals surface area contributed by atoms with E-state index in [1.165, 1.54) is 18.3 Å². The van der Waals surface area contributed by atoms with Crippen LogP contribution in [0.15, 0.2) is 62.8 Å². The number of hydrogen-bond acceptors (Lipinski definition) is 8. The van der Waals surface area contributed by atoms with Gasteiger partial charge in [0.1, 0.15) is 11.4 Å². The number of hydrogen-bond donors (Lipinski definition) is 2. The summed E-state index contributed by atoms with van der Waals surface area (Å²) in [6.45, 7) is 0.120. The second-order valence-electron chi connectivity index (χ2n) is 6.21. The molecule has 0 spiro atoms. The fraction of sp³-hybridized carbons (Fsp3) is 0.105. The maximum absolute atomic E-state index is 12.5. The molecule has 0 amide bonds. The molecule has 0 unspecified atom stereocenters. The normalized spacial score (nSPS) is 11.6. The van der Waals surface area contributed by atoms with Gasteiger partial charge in [0.15, 0.2) is 0 Å². The molecule has 0 atom stereocenters. The lowest BCUT2D eigenvalue weighted by Gasteiger charge is -2.14. The van der Waals surface area contributed by atoms with Gasteiger partial charge < -0.3 is 15.2 Å². The van der Waals surface area contributed by atoms with E-state index in [1.54, 1.807) is 24.3 Å². The van der Waals surface area contributed by atoms with Crippen molar-refractivity contribution in [2.75, 3.05) is 10.6 Å². The molecule has 30 heavy (non-hydrogen) atoms. The van der Waals surface area contributed by atoms with Crippen LogP contribution in [-0.2, 0) is 12.7 Å². The van der Waals surface area contributed by atoms with Gasteiger partial charge >= 0.3 is 12.1 Å². The summed E-state index contributed by atoms with van der Waals surface area (Å²) in [7, 11) is 0. The Hall–Kier alpha value is -4.02. The van der Waals surface area contributed by atoms with Crippen LogP contribution in [0.5, 0.6) is 0 Å². The molecule has 0 aliphatic rings. The van der Waals surface area contributed by atoms with Crippen LogP contribution in [0.2, 0.25) is 0 Å². The number of alkyl halides is 3. The van der Waals surface area contributed by atoms with Crippen molar-refractivity contribution in [2.24, 2.45) is 0 Å². The fourth-order valence-electron chi connectivity index (χ4n) is 2.64. The molecular formula is C19H12F3N5O3. The van der Waals surface area contributed by atoms with Crippen LogP contribution in [0, 0.1) is 0 Å². The summed E-state index contributed by atoms with van der Waals surface area (Å²) >= 11 is 0. The zero-order valence-electron chi connectivity index (χ0n) is 15.0. The number of nitrogens with one attached hydrogen (secondary N) is 2. The van der Waals surface area contributed by atoms with Crippen LogP contribution in [0.3, 0.4) is 0 Å². The van der Waals surface area contributed by atoms with Gasteiger partial charge in [-0.1, -0.05) is 23.4 Å². The minimum atomic E-state index is -4.73. The van der Waals surface area contributed by atoms with E-state index in [-0.39, 0.29) is 29.3 Å². The Morgan fingerprint density at radius 1 is 0.967 bits per heavy atom. The highest BCUT2D eigenvalue weighted by molar-refractivity contribution is 5.78. The molecule has 4 aromatic rings. The van der Waals surface area contributed by atoms with Crippen molar-refractivity contribution in [2.45, 2.75) is 12.7 Å². The van der Waals surface area contributed by atoms with Gasteiger partial charge in [0.2, 0.25) is 5.82 Å². The summed E-state index contributed by atoms with van der Waals surface area (Å²) in [6.07, 6.45) is -3.44. The number of aromatic nitrogens is 3. The maximum Gasteiger partial charge on any atom is 0.471 e. The predicted octanol–water partition coefficient (Wildman–Crippen LogP) is 3.10. The first-order chi connectivity index (χ1) is 14.3. The third-order valence-electron chi connectivity index (χ3n) is 4.15. The number of halogens is 3. The summed E-state index contributed by atoms with van der Waals surface area (Å²) in [4.78, 5) is 31.1. The number of nitrogens with zero attached hydrogens (tertiary/aromatic N) is 3. The van der Waals surface area contributed by atoms with Crippen LogP contribution in [0.1, 0.15) is 11.6 Å². The Morgan fingerprint density at radius 3 is 2.33 bits per heavy atom. The minimum Gasteiger partial charge on any atom is -0.374 e. The smallest absolute Gasteiger partial charge is 0.374 e. The Kier molecular flexibility index (Phi) is 4.78. The quantitative estimate of drug-likeness (QED) is 0.463. The van der Waals surface area contributed by atoms with Gasteiger partial charge in [-0.05, 0) is 24.3 Å². The third kappa shape index (κ3) is 3.77.